The van der Waals surface area contributed by atoms with E-state index in [1.807, 2.05) is 0 Å². The van der Waals surface area contributed by atoms with Gasteiger partial charge in [0.05, 0.1) is 11.4 Å². The van der Waals surface area contributed by atoms with Crippen molar-refractivity contribution in [1.29, 1.82) is 0 Å². The van der Waals surface area contributed by atoms with Crippen LogP contribution in [0.25, 0.3) is 0 Å². The predicted octanol–water partition coefficient (Wildman–Crippen LogP) is -0.0665. The van der Waals surface area contributed by atoms with Gasteiger partial charge in [-0.05, 0) is 41.8 Å². The Balaban J connectivity index is 1.44. The first kappa shape index (κ1) is 22.3. The SMILES string of the molecule is NS(=O)(=O)c1ccc(CCNC(=O)c2c[nH]c(=O)n(Cc3ccc4c(c3)OCO4)c2=O)cc1. The molecule has 3 aromatic rings. The number of sulfonamides is 1. The molecule has 1 aromatic heterocycles. The van der Waals surface area contributed by atoms with Gasteiger partial charge in [-0.15, -0.1) is 0 Å². The van der Waals surface area contributed by atoms with E-state index < -0.39 is 27.2 Å². The van der Waals surface area contributed by atoms with Crippen molar-refractivity contribution >= 4 is 15.9 Å². The largest absolute Gasteiger partial charge is 0.454 e. The Hall–Kier alpha value is -3.90. The number of carbonyl (C=O) groups is 1. The number of aromatic nitrogens is 2. The van der Waals surface area contributed by atoms with E-state index >= 15 is 0 Å². The number of nitrogens with zero attached hydrogens (tertiary/aromatic N) is 1. The summed E-state index contributed by atoms with van der Waals surface area (Å²) in [6.45, 7) is 0.238. The van der Waals surface area contributed by atoms with E-state index in [1.165, 1.54) is 12.1 Å². The van der Waals surface area contributed by atoms with Crippen LogP contribution in [0.5, 0.6) is 11.5 Å². The third kappa shape index (κ3) is 4.96. The van der Waals surface area contributed by atoms with Gasteiger partial charge in [-0.25, -0.2) is 18.4 Å². The predicted molar refractivity (Wildman–Crippen MR) is 117 cm³/mol. The number of hydrogen-bond acceptors (Lipinski definition) is 7. The molecule has 0 saturated heterocycles. The lowest BCUT2D eigenvalue weighted by atomic mass is 10.1. The average molecular weight is 472 g/mol. The second kappa shape index (κ2) is 8.92. The van der Waals surface area contributed by atoms with Crippen LogP contribution in [0.3, 0.4) is 0 Å². The average Bonchev–Trinajstić information content (AvgIpc) is 3.24. The number of nitrogens with two attached hydrogens (primary N) is 1. The van der Waals surface area contributed by atoms with Crippen molar-refractivity contribution in [2.24, 2.45) is 5.14 Å². The normalized spacial score (nSPS) is 12.5. The summed E-state index contributed by atoms with van der Waals surface area (Å²) in [5.74, 6) is 0.451. The molecular weight excluding hydrogens is 452 g/mol. The van der Waals surface area contributed by atoms with Crippen LogP contribution < -0.4 is 31.2 Å². The van der Waals surface area contributed by atoms with Crippen LogP contribution in [-0.2, 0) is 23.0 Å². The van der Waals surface area contributed by atoms with Crippen LogP contribution in [0, 0.1) is 0 Å². The smallest absolute Gasteiger partial charge is 0.328 e. The zero-order chi connectivity index (χ0) is 23.6. The highest BCUT2D eigenvalue weighted by Crippen LogP contribution is 2.32. The molecule has 0 fully saturated rings. The van der Waals surface area contributed by atoms with Crippen molar-refractivity contribution in [2.75, 3.05) is 13.3 Å². The van der Waals surface area contributed by atoms with E-state index in [2.05, 4.69) is 10.3 Å². The number of H-pyrrole nitrogens is 1. The molecule has 0 unspecified atom stereocenters. The lowest BCUT2D eigenvalue weighted by Crippen LogP contribution is -2.41. The Kier molecular flexibility index (Phi) is 6.03. The Bertz CT molecular complexity index is 1430. The molecule has 172 valence electrons. The van der Waals surface area contributed by atoms with Crippen molar-refractivity contribution < 1.29 is 22.7 Å². The molecule has 12 heteroatoms. The lowest BCUT2D eigenvalue weighted by molar-refractivity contribution is 0.0951. The topological polar surface area (TPSA) is 163 Å². The summed E-state index contributed by atoms with van der Waals surface area (Å²) in [6, 6.07) is 11.0. The van der Waals surface area contributed by atoms with Crippen molar-refractivity contribution in [3.63, 3.8) is 0 Å². The molecule has 4 N–H and O–H groups in total. The van der Waals surface area contributed by atoms with Gasteiger partial charge in [-0.2, -0.15) is 0 Å². The monoisotopic (exact) mass is 472 g/mol. The Morgan fingerprint density at radius 1 is 1.06 bits per heavy atom. The number of primary sulfonamides is 1. The number of hydrogen-bond donors (Lipinski definition) is 3. The Morgan fingerprint density at radius 2 is 1.76 bits per heavy atom. The summed E-state index contributed by atoms with van der Waals surface area (Å²) < 4.78 is 34.1. The fourth-order valence-corrected chi connectivity index (χ4v) is 3.82. The van der Waals surface area contributed by atoms with Crippen molar-refractivity contribution in [3.8, 4) is 11.5 Å². The van der Waals surface area contributed by atoms with Gasteiger partial charge in [-0.1, -0.05) is 18.2 Å². The maximum Gasteiger partial charge on any atom is 0.328 e. The summed E-state index contributed by atoms with van der Waals surface area (Å²) in [5.41, 5.74) is -0.188. The van der Waals surface area contributed by atoms with E-state index in [9.17, 15) is 22.8 Å². The zero-order valence-corrected chi connectivity index (χ0v) is 18.1. The number of carbonyl (C=O) groups excluding carboxylic acids is 1. The van der Waals surface area contributed by atoms with E-state index in [0.29, 0.717) is 23.5 Å². The molecule has 0 aliphatic carbocycles. The number of ether oxygens (including phenoxy) is 2. The van der Waals surface area contributed by atoms with Gasteiger partial charge < -0.3 is 19.8 Å². The molecule has 2 aromatic carbocycles. The second-order valence-corrected chi connectivity index (χ2v) is 8.84. The molecule has 0 saturated carbocycles. The minimum atomic E-state index is -3.78. The minimum absolute atomic E-state index is 0.00784. The molecule has 0 radical (unpaired) electrons. The van der Waals surface area contributed by atoms with E-state index in [4.69, 9.17) is 14.6 Å². The maximum absolute atomic E-state index is 12.8. The van der Waals surface area contributed by atoms with Crippen LogP contribution in [0.1, 0.15) is 21.5 Å². The lowest BCUT2D eigenvalue weighted by Gasteiger charge is -2.09. The second-order valence-electron chi connectivity index (χ2n) is 7.28. The Morgan fingerprint density at radius 3 is 2.48 bits per heavy atom. The first-order valence-electron chi connectivity index (χ1n) is 9.83. The summed E-state index contributed by atoms with van der Waals surface area (Å²) in [6.07, 6.45) is 1.47. The first-order chi connectivity index (χ1) is 15.7. The molecule has 1 aliphatic heterocycles. The van der Waals surface area contributed by atoms with E-state index in [1.54, 1.807) is 30.3 Å². The van der Waals surface area contributed by atoms with Gasteiger partial charge in [0.25, 0.3) is 11.5 Å². The van der Waals surface area contributed by atoms with Gasteiger partial charge in [0.1, 0.15) is 5.56 Å². The van der Waals surface area contributed by atoms with E-state index in [-0.39, 0.29) is 30.3 Å². The number of aromatic amines is 1. The molecule has 0 atom stereocenters. The van der Waals surface area contributed by atoms with Crippen LogP contribution >= 0.6 is 0 Å². The molecule has 11 nitrogen and oxygen atoms in total. The summed E-state index contributed by atoms with van der Waals surface area (Å²) >= 11 is 0. The van der Waals surface area contributed by atoms with Gasteiger partial charge in [0.2, 0.25) is 16.8 Å². The standard InChI is InChI=1S/C21H20N4O7S/c22-33(29,30)15-4-1-13(2-5-15)7-8-23-19(26)16-10-24-21(28)25(20(16)27)11-14-3-6-17-18(9-14)32-12-31-17/h1-6,9-10H,7-8,11-12H2,(H,23,26)(H,24,28)(H2,22,29,30). The number of fused-ring (bicyclic) bond motifs is 1. The number of nitrogens with one attached hydrogen (secondary N) is 2. The zero-order valence-electron chi connectivity index (χ0n) is 17.2. The van der Waals surface area contributed by atoms with Crippen LogP contribution in [0.15, 0.2) is 63.1 Å². The highest BCUT2D eigenvalue weighted by molar-refractivity contribution is 7.89. The molecule has 1 aliphatic rings. The maximum atomic E-state index is 12.8. The number of rotatable bonds is 7. The molecule has 4 rings (SSSR count). The number of amides is 1. The third-order valence-corrected chi connectivity index (χ3v) is 5.96. The van der Waals surface area contributed by atoms with E-state index in [0.717, 1.165) is 16.3 Å². The van der Waals surface area contributed by atoms with Gasteiger partial charge in [0.15, 0.2) is 11.5 Å². The highest BCUT2D eigenvalue weighted by atomic mass is 32.2. The molecule has 33 heavy (non-hydrogen) atoms. The van der Waals surface area contributed by atoms with Crippen molar-refractivity contribution in [3.05, 3.63) is 86.2 Å². The third-order valence-electron chi connectivity index (χ3n) is 5.03. The Labute approximate surface area is 187 Å². The van der Waals surface area contributed by atoms with Crippen molar-refractivity contribution in [2.45, 2.75) is 17.9 Å². The number of benzene rings is 2. The molecule has 1 amide bonds. The highest BCUT2D eigenvalue weighted by Gasteiger charge is 2.17. The molecule has 0 bridgehead atoms. The van der Waals surface area contributed by atoms with Gasteiger partial charge in [-0.3, -0.25) is 14.2 Å². The molecule has 2 heterocycles. The fourth-order valence-electron chi connectivity index (χ4n) is 3.30. The van der Waals surface area contributed by atoms with Crippen LogP contribution in [0.4, 0.5) is 0 Å². The van der Waals surface area contributed by atoms with Crippen molar-refractivity contribution in [1.82, 2.24) is 14.9 Å². The minimum Gasteiger partial charge on any atom is -0.454 e. The first-order valence-corrected chi connectivity index (χ1v) is 11.4. The van der Waals surface area contributed by atoms with Gasteiger partial charge >= 0.3 is 5.69 Å². The van der Waals surface area contributed by atoms with Gasteiger partial charge in [0, 0.05) is 12.7 Å². The molecular formula is C21H20N4O7S. The quantitative estimate of drug-likeness (QED) is 0.433. The summed E-state index contributed by atoms with van der Waals surface area (Å²) in [5, 5.41) is 7.69. The summed E-state index contributed by atoms with van der Waals surface area (Å²) in [4.78, 5) is 39.9. The van der Waals surface area contributed by atoms with Crippen LogP contribution in [0.2, 0.25) is 0 Å². The summed E-state index contributed by atoms with van der Waals surface area (Å²) in [7, 11) is -3.78. The molecule has 0 spiro atoms. The fraction of sp³-hybridized carbons (Fsp3) is 0.190. The van der Waals surface area contributed by atoms with Crippen LogP contribution in [-0.4, -0.2) is 37.2 Å².